The molecule has 1 aliphatic carbocycles. The highest BCUT2D eigenvalue weighted by molar-refractivity contribution is 5.90. The zero-order valence-electron chi connectivity index (χ0n) is 19.6. The van der Waals surface area contributed by atoms with Gasteiger partial charge in [0.25, 0.3) is 0 Å². The van der Waals surface area contributed by atoms with Gasteiger partial charge in [0, 0.05) is 5.56 Å². The number of aliphatic hydroxyl groups is 1. The first-order valence-corrected chi connectivity index (χ1v) is 11.8. The maximum atomic E-state index is 12.5. The van der Waals surface area contributed by atoms with Gasteiger partial charge < -0.3 is 29.8 Å². The number of ether oxygens (including phenoxy) is 1. The van der Waals surface area contributed by atoms with Gasteiger partial charge in [0.1, 0.15) is 5.52 Å². The van der Waals surface area contributed by atoms with E-state index in [1.165, 1.54) is 0 Å². The summed E-state index contributed by atoms with van der Waals surface area (Å²) < 4.78 is 11.9. The molecule has 2 aromatic carbocycles. The number of oxazole rings is 1. The number of nitrogens with zero attached hydrogens (tertiary/aromatic N) is 1. The van der Waals surface area contributed by atoms with Crippen LogP contribution < -0.4 is 5.32 Å². The maximum Gasteiger partial charge on any atom is 0.336 e. The smallest absolute Gasteiger partial charge is 0.336 e. The number of fused-ring (bicyclic) bond motifs is 1. The van der Waals surface area contributed by atoms with E-state index in [1.807, 2.05) is 48.5 Å². The third kappa shape index (κ3) is 6.07. The fraction of sp³-hybridized carbons (Fsp3) is 0.385. The highest BCUT2D eigenvalue weighted by Crippen LogP contribution is 2.26. The van der Waals surface area contributed by atoms with Crippen LogP contribution in [0.3, 0.4) is 0 Å². The third-order valence-electron chi connectivity index (χ3n) is 6.30. The lowest BCUT2D eigenvalue weighted by Gasteiger charge is -2.33. The predicted molar refractivity (Wildman–Crippen MR) is 128 cm³/mol. The second-order valence-electron chi connectivity index (χ2n) is 9.08. The molecule has 1 amide bonds. The molecule has 1 saturated carbocycles. The summed E-state index contributed by atoms with van der Waals surface area (Å²) >= 11 is 0. The summed E-state index contributed by atoms with van der Waals surface area (Å²) in [7, 11) is 0. The fourth-order valence-corrected chi connectivity index (χ4v) is 4.39. The minimum Gasteiger partial charge on any atom is -0.481 e. The number of aliphatic carboxylic acids is 2. The van der Waals surface area contributed by atoms with E-state index in [0.717, 1.165) is 35.1 Å². The molecule has 3 atom stereocenters. The van der Waals surface area contributed by atoms with Crippen molar-refractivity contribution in [3.63, 3.8) is 0 Å². The minimum atomic E-state index is -2.67. The molecule has 10 nitrogen and oxygen atoms in total. The molecule has 10 heteroatoms. The molecule has 1 fully saturated rings. The zero-order chi connectivity index (χ0) is 25.7. The Morgan fingerprint density at radius 3 is 2.44 bits per heavy atom. The summed E-state index contributed by atoms with van der Waals surface area (Å²) in [6.07, 6.45) is 0.919. The number of carbonyl (C=O) groups is 3. The van der Waals surface area contributed by atoms with Gasteiger partial charge in [-0.3, -0.25) is 9.59 Å². The maximum absolute atomic E-state index is 12.5. The molecule has 36 heavy (non-hydrogen) atoms. The van der Waals surface area contributed by atoms with Crippen LogP contribution in [0.15, 0.2) is 52.9 Å². The Kier molecular flexibility index (Phi) is 7.66. The second kappa shape index (κ2) is 10.9. The number of carboxylic acids is 2. The van der Waals surface area contributed by atoms with Crippen LogP contribution in [0.1, 0.15) is 44.1 Å². The van der Waals surface area contributed by atoms with Crippen molar-refractivity contribution in [2.24, 2.45) is 0 Å². The fourth-order valence-electron chi connectivity index (χ4n) is 4.39. The van der Waals surface area contributed by atoms with Crippen LogP contribution in [0.25, 0.3) is 22.6 Å². The van der Waals surface area contributed by atoms with Crippen molar-refractivity contribution in [1.82, 2.24) is 10.3 Å². The SMILES string of the molecule is O=C(O)CC(O)(CC(=O)N[C@H]1CCCC[C@@H]1OCc1ccc(-c2nc3ccccc3o2)cc1)C(=O)O. The molecule has 3 aromatic rings. The Hall–Kier alpha value is -3.76. The predicted octanol–water partition coefficient (Wildman–Crippen LogP) is 3.12. The van der Waals surface area contributed by atoms with Crippen LogP contribution in [0.2, 0.25) is 0 Å². The quantitative estimate of drug-likeness (QED) is 0.331. The molecular weight excluding hydrogens is 468 g/mol. The normalized spacial score (nSPS) is 19.5. The first kappa shape index (κ1) is 25.3. The first-order valence-electron chi connectivity index (χ1n) is 11.8. The summed E-state index contributed by atoms with van der Waals surface area (Å²) in [4.78, 5) is 39.2. The number of carbonyl (C=O) groups excluding carboxylic acids is 1. The van der Waals surface area contributed by atoms with Gasteiger partial charge in [-0.05, 0) is 42.7 Å². The largest absolute Gasteiger partial charge is 0.481 e. The van der Waals surface area contributed by atoms with E-state index in [4.69, 9.17) is 14.3 Å². The molecule has 0 aliphatic heterocycles. The molecule has 1 aromatic heterocycles. The molecule has 190 valence electrons. The van der Waals surface area contributed by atoms with E-state index in [9.17, 15) is 24.6 Å². The highest BCUT2D eigenvalue weighted by atomic mass is 16.5. The lowest BCUT2D eigenvalue weighted by atomic mass is 9.91. The Labute approximate surface area is 206 Å². The van der Waals surface area contributed by atoms with E-state index in [0.29, 0.717) is 25.3 Å². The van der Waals surface area contributed by atoms with E-state index in [-0.39, 0.29) is 12.1 Å². The lowest BCUT2D eigenvalue weighted by Crippen LogP contribution is -2.50. The summed E-state index contributed by atoms with van der Waals surface area (Å²) in [5.41, 5.74) is 0.597. The Morgan fingerprint density at radius 2 is 1.75 bits per heavy atom. The van der Waals surface area contributed by atoms with Crippen LogP contribution in [0.5, 0.6) is 0 Å². The number of hydrogen-bond acceptors (Lipinski definition) is 7. The van der Waals surface area contributed by atoms with Gasteiger partial charge in [0.2, 0.25) is 11.8 Å². The average molecular weight is 497 g/mol. The van der Waals surface area contributed by atoms with E-state index in [1.54, 1.807) is 0 Å². The van der Waals surface area contributed by atoms with Crippen LogP contribution in [-0.4, -0.2) is 55.9 Å². The molecule has 0 bridgehead atoms. The third-order valence-corrected chi connectivity index (χ3v) is 6.30. The van der Waals surface area contributed by atoms with Gasteiger partial charge in [-0.15, -0.1) is 0 Å². The molecule has 0 saturated heterocycles. The van der Waals surface area contributed by atoms with Crippen LogP contribution in [0, 0.1) is 0 Å². The monoisotopic (exact) mass is 496 g/mol. The standard InChI is InChI=1S/C26H28N2O8/c29-22(13-26(34,25(32)33)14-23(30)31)27-18-5-1-3-7-20(18)35-15-16-9-11-17(12-10-16)24-28-19-6-2-4-8-21(19)36-24/h2,4,6,8-12,18,20,34H,1,3,5,7,13-15H2,(H,27,29)(H,30,31)(H,32,33)/t18-,20-,26?/m0/s1. The topological polar surface area (TPSA) is 159 Å². The van der Waals surface area contributed by atoms with E-state index < -0.39 is 36.3 Å². The summed E-state index contributed by atoms with van der Waals surface area (Å²) in [5.74, 6) is -3.46. The molecule has 1 unspecified atom stereocenters. The van der Waals surface area contributed by atoms with Crippen LogP contribution >= 0.6 is 0 Å². The van der Waals surface area contributed by atoms with Crippen molar-refractivity contribution < 1.29 is 38.9 Å². The molecule has 4 rings (SSSR count). The van der Waals surface area contributed by atoms with Crippen molar-refractivity contribution >= 4 is 28.9 Å². The minimum absolute atomic E-state index is 0.295. The molecule has 1 aliphatic rings. The van der Waals surface area contributed by atoms with Gasteiger partial charge in [-0.2, -0.15) is 0 Å². The summed E-state index contributed by atoms with van der Waals surface area (Å²) in [6.45, 7) is 0.308. The van der Waals surface area contributed by atoms with Gasteiger partial charge in [0.15, 0.2) is 11.2 Å². The van der Waals surface area contributed by atoms with Gasteiger partial charge in [0.05, 0.1) is 31.6 Å². The van der Waals surface area contributed by atoms with Crippen LogP contribution in [-0.2, 0) is 25.7 Å². The first-order chi connectivity index (χ1) is 17.2. The van der Waals surface area contributed by atoms with Crippen molar-refractivity contribution in [1.29, 1.82) is 0 Å². The number of hydrogen-bond donors (Lipinski definition) is 4. The van der Waals surface area contributed by atoms with Gasteiger partial charge in [-0.25, -0.2) is 9.78 Å². The summed E-state index contributed by atoms with van der Waals surface area (Å²) in [6, 6.07) is 14.8. The van der Waals surface area contributed by atoms with Gasteiger partial charge in [-0.1, -0.05) is 37.1 Å². The molecule has 1 heterocycles. The van der Waals surface area contributed by atoms with Crippen molar-refractivity contribution in [2.45, 2.75) is 62.9 Å². The highest BCUT2D eigenvalue weighted by Gasteiger charge is 2.41. The molecular formula is C26H28N2O8. The summed E-state index contributed by atoms with van der Waals surface area (Å²) in [5, 5.41) is 31.0. The number of carboxylic acid groups (broad SMARTS) is 2. The Bertz CT molecular complexity index is 1210. The number of amides is 1. The number of para-hydroxylation sites is 2. The van der Waals surface area contributed by atoms with E-state index >= 15 is 0 Å². The van der Waals surface area contributed by atoms with Crippen LogP contribution in [0.4, 0.5) is 0 Å². The second-order valence-corrected chi connectivity index (χ2v) is 9.08. The van der Waals surface area contributed by atoms with Crippen molar-refractivity contribution in [3.05, 3.63) is 54.1 Å². The number of aromatic nitrogens is 1. The number of benzene rings is 2. The average Bonchev–Trinajstić information content (AvgIpc) is 3.27. The van der Waals surface area contributed by atoms with Crippen molar-refractivity contribution in [3.8, 4) is 11.5 Å². The molecule has 0 spiro atoms. The zero-order valence-corrected chi connectivity index (χ0v) is 19.6. The van der Waals surface area contributed by atoms with E-state index in [2.05, 4.69) is 10.3 Å². The van der Waals surface area contributed by atoms with Crippen molar-refractivity contribution in [2.75, 3.05) is 0 Å². The number of nitrogens with one attached hydrogen (secondary N) is 1. The van der Waals surface area contributed by atoms with Gasteiger partial charge >= 0.3 is 11.9 Å². The Balaban J connectivity index is 1.35. The number of rotatable bonds is 10. The Morgan fingerprint density at radius 1 is 1.03 bits per heavy atom. The lowest BCUT2D eigenvalue weighted by molar-refractivity contribution is -0.167. The molecule has 0 radical (unpaired) electrons. The molecule has 4 N–H and O–H groups in total.